The van der Waals surface area contributed by atoms with Gasteiger partial charge >= 0.3 is 0 Å². The third-order valence-corrected chi connectivity index (χ3v) is 6.89. The molecule has 5 rings (SSSR count). The molecule has 166 valence electrons. The first-order chi connectivity index (χ1) is 16.1. The topological polar surface area (TPSA) is 55.7 Å². The van der Waals surface area contributed by atoms with E-state index in [-0.39, 0.29) is 0 Å². The van der Waals surface area contributed by atoms with Crippen molar-refractivity contribution >= 4 is 22.7 Å². The number of aromatic nitrogens is 4. The fourth-order valence-electron chi connectivity index (χ4n) is 3.93. The lowest BCUT2D eigenvalue weighted by molar-refractivity contribution is 0.292. The van der Waals surface area contributed by atoms with E-state index in [4.69, 9.17) is 4.74 Å². The van der Waals surface area contributed by atoms with Gasteiger partial charge in [-0.15, -0.1) is 10.2 Å². The Labute approximate surface area is 197 Å². The number of thioether (sulfide) groups is 1. The van der Waals surface area contributed by atoms with Gasteiger partial charge in [0.25, 0.3) is 0 Å². The second kappa shape index (κ2) is 9.16. The number of nitrogens with one attached hydrogen (secondary N) is 1. The van der Waals surface area contributed by atoms with Gasteiger partial charge in [-0.25, -0.2) is 0 Å². The van der Waals surface area contributed by atoms with Crippen molar-refractivity contribution in [1.29, 1.82) is 0 Å². The Morgan fingerprint density at radius 3 is 2.48 bits per heavy atom. The third-order valence-electron chi connectivity index (χ3n) is 5.93. The second-order valence-corrected chi connectivity index (χ2v) is 9.11. The summed E-state index contributed by atoms with van der Waals surface area (Å²) in [7, 11) is 0. The van der Waals surface area contributed by atoms with E-state index in [1.54, 1.807) is 11.8 Å². The number of rotatable bonds is 7. The van der Waals surface area contributed by atoms with E-state index in [1.165, 1.54) is 27.8 Å². The second-order valence-electron chi connectivity index (χ2n) is 8.17. The van der Waals surface area contributed by atoms with Crippen LogP contribution in [0.1, 0.15) is 28.2 Å². The van der Waals surface area contributed by atoms with Crippen LogP contribution in [0.25, 0.3) is 16.6 Å². The Bertz CT molecular complexity index is 1400. The van der Waals surface area contributed by atoms with Crippen molar-refractivity contribution in [2.75, 3.05) is 0 Å². The number of aryl methyl sites for hydroxylation is 3. The number of nitrogens with zero attached hydrogens (tertiary/aromatic N) is 3. The molecule has 0 atom stereocenters. The highest BCUT2D eigenvalue weighted by Gasteiger charge is 2.17. The maximum absolute atomic E-state index is 6.09. The zero-order valence-electron chi connectivity index (χ0n) is 19.0. The quantitative estimate of drug-likeness (QED) is 0.284. The van der Waals surface area contributed by atoms with Gasteiger partial charge < -0.3 is 9.72 Å². The first-order valence-corrected chi connectivity index (χ1v) is 12.0. The number of ether oxygens (including phenoxy) is 1. The van der Waals surface area contributed by atoms with Gasteiger partial charge in [-0.2, -0.15) is 0 Å². The summed E-state index contributed by atoms with van der Waals surface area (Å²) in [5, 5.41) is 11.1. The molecule has 0 aliphatic carbocycles. The van der Waals surface area contributed by atoms with E-state index in [0.717, 1.165) is 33.7 Å². The van der Waals surface area contributed by atoms with Crippen molar-refractivity contribution in [3.05, 3.63) is 101 Å². The van der Waals surface area contributed by atoms with Crippen LogP contribution in [-0.2, 0) is 12.4 Å². The average molecular weight is 455 g/mol. The van der Waals surface area contributed by atoms with E-state index in [1.807, 2.05) is 24.3 Å². The smallest absolute Gasteiger partial charge is 0.196 e. The Morgan fingerprint density at radius 1 is 0.879 bits per heavy atom. The first-order valence-electron chi connectivity index (χ1n) is 11.0. The number of H-pyrrole nitrogens is 1. The molecule has 3 aromatic carbocycles. The third kappa shape index (κ3) is 4.39. The Morgan fingerprint density at radius 2 is 1.67 bits per heavy atom. The molecule has 5 aromatic rings. The van der Waals surface area contributed by atoms with Crippen molar-refractivity contribution in [3.8, 4) is 11.4 Å². The fraction of sp³-hybridized carbons (Fsp3) is 0.185. The number of fused-ring (bicyclic) bond motifs is 1. The summed E-state index contributed by atoms with van der Waals surface area (Å²) in [5.41, 5.74) is 7.14. The SMILES string of the molecule is Cc1ccc(OCc2nnc(SCc3c(C)[nH]c4ccccc34)n2-c2ccccc2)cc1C. The minimum Gasteiger partial charge on any atom is -0.486 e. The first kappa shape index (κ1) is 21.3. The summed E-state index contributed by atoms with van der Waals surface area (Å²) in [6.45, 7) is 6.66. The van der Waals surface area contributed by atoms with Crippen LogP contribution in [0, 0.1) is 20.8 Å². The molecular weight excluding hydrogens is 428 g/mol. The molecule has 0 spiro atoms. The molecule has 0 saturated heterocycles. The van der Waals surface area contributed by atoms with Crippen molar-refractivity contribution in [3.63, 3.8) is 0 Å². The Hall–Kier alpha value is -3.51. The lowest BCUT2D eigenvalue weighted by Crippen LogP contribution is -2.06. The zero-order valence-corrected chi connectivity index (χ0v) is 19.8. The molecule has 0 saturated carbocycles. The normalized spacial score (nSPS) is 11.2. The van der Waals surface area contributed by atoms with E-state index < -0.39 is 0 Å². The lowest BCUT2D eigenvalue weighted by Gasteiger charge is -2.12. The summed E-state index contributed by atoms with van der Waals surface area (Å²) < 4.78 is 8.19. The number of benzene rings is 3. The lowest BCUT2D eigenvalue weighted by atomic mass is 10.1. The van der Waals surface area contributed by atoms with Crippen LogP contribution in [0.2, 0.25) is 0 Å². The molecule has 0 aliphatic heterocycles. The van der Waals surface area contributed by atoms with Gasteiger partial charge in [-0.05, 0) is 67.8 Å². The van der Waals surface area contributed by atoms with Crippen LogP contribution in [0.15, 0.2) is 78.0 Å². The standard InChI is InChI=1S/C27H26N4OS/c1-18-13-14-22(15-19(18)2)32-16-26-29-30-27(31(26)21-9-5-4-6-10-21)33-17-24-20(3)28-25-12-8-7-11-23(24)25/h4-15,28H,16-17H2,1-3H3. The summed E-state index contributed by atoms with van der Waals surface area (Å²) in [6.07, 6.45) is 0. The molecule has 0 aliphatic rings. The van der Waals surface area contributed by atoms with E-state index in [0.29, 0.717) is 6.61 Å². The minimum absolute atomic E-state index is 0.344. The van der Waals surface area contributed by atoms with Crippen LogP contribution in [-0.4, -0.2) is 19.7 Å². The molecule has 0 amide bonds. The van der Waals surface area contributed by atoms with Crippen LogP contribution < -0.4 is 4.74 Å². The van der Waals surface area contributed by atoms with Crippen molar-refractivity contribution in [2.45, 2.75) is 38.3 Å². The van der Waals surface area contributed by atoms with Crippen LogP contribution in [0.3, 0.4) is 0 Å². The highest BCUT2D eigenvalue weighted by molar-refractivity contribution is 7.98. The Kier molecular flexibility index (Phi) is 5.92. The predicted octanol–water partition coefficient (Wildman–Crippen LogP) is 6.55. The van der Waals surface area contributed by atoms with E-state index in [2.05, 4.69) is 89.1 Å². The molecule has 1 N–H and O–H groups in total. The molecule has 0 fully saturated rings. The van der Waals surface area contributed by atoms with Gasteiger partial charge in [-0.1, -0.05) is 54.2 Å². The maximum Gasteiger partial charge on any atom is 0.196 e. The van der Waals surface area contributed by atoms with Crippen molar-refractivity contribution in [1.82, 2.24) is 19.7 Å². The van der Waals surface area contributed by atoms with Gasteiger partial charge in [0, 0.05) is 28.0 Å². The molecular formula is C27H26N4OS. The minimum atomic E-state index is 0.344. The molecule has 2 aromatic heterocycles. The van der Waals surface area contributed by atoms with Gasteiger partial charge in [0.1, 0.15) is 12.4 Å². The summed E-state index contributed by atoms with van der Waals surface area (Å²) in [4.78, 5) is 3.49. The molecule has 0 radical (unpaired) electrons. The molecule has 6 heteroatoms. The van der Waals surface area contributed by atoms with Gasteiger partial charge in [0.15, 0.2) is 11.0 Å². The molecule has 5 nitrogen and oxygen atoms in total. The van der Waals surface area contributed by atoms with Gasteiger partial charge in [0.05, 0.1) is 0 Å². The molecule has 0 bridgehead atoms. The summed E-state index contributed by atoms with van der Waals surface area (Å²) >= 11 is 1.69. The predicted molar refractivity (Wildman–Crippen MR) is 134 cm³/mol. The largest absolute Gasteiger partial charge is 0.486 e. The zero-order chi connectivity index (χ0) is 22.8. The maximum atomic E-state index is 6.09. The highest BCUT2D eigenvalue weighted by Crippen LogP contribution is 2.31. The van der Waals surface area contributed by atoms with Crippen molar-refractivity contribution < 1.29 is 4.74 Å². The number of hydrogen-bond donors (Lipinski definition) is 1. The van der Waals surface area contributed by atoms with Crippen molar-refractivity contribution in [2.24, 2.45) is 0 Å². The van der Waals surface area contributed by atoms with Crippen LogP contribution in [0.4, 0.5) is 0 Å². The fourth-order valence-corrected chi connectivity index (χ4v) is 5.02. The van der Waals surface area contributed by atoms with E-state index >= 15 is 0 Å². The molecule has 33 heavy (non-hydrogen) atoms. The number of aromatic amines is 1. The highest BCUT2D eigenvalue weighted by atomic mass is 32.2. The van der Waals surface area contributed by atoms with Gasteiger partial charge in [-0.3, -0.25) is 4.57 Å². The monoisotopic (exact) mass is 454 g/mol. The number of para-hydroxylation sites is 2. The summed E-state index contributed by atoms with van der Waals surface area (Å²) in [6, 6.07) is 24.8. The van der Waals surface area contributed by atoms with Gasteiger partial charge in [0.2, 0.25) is 0 Å². The summed E-state index contributed by atoms with van der Waals surface area (Å²) in [5.74, 6) is 2.42. The Balaban J connectivity index is 1.43. The van der Waals surface area contributed by atoms with Crippen LogP contribution in [0.5, 0.6) is 5.75 Å². The average Bonchev–Trinajstić information content (AvgIpc) is 3.38. The van der Waals surface area contributed by atoms with Crippen LogP contribution >= 0.6 is 11.8 Å². The van der Waals surface area contributed by atoms with E-state index in [9.17, 15) is 0 Å². The number of hydrogen-bond acceptors (Lipinski definition) is 4. The molecule has 0 unspecified atom stereocenters. The molecule has 2 heterocycles.